The summed E-state index contributed by atoms with van der Waals surface area (Å²) in [6.45, 7) is 1.89. The fourth-order valence-corrected chi connectivity index (χ4v) is 4.29. The lowest BCUT2D eigenvalue weighted by molar-refractivity contribution is -0.125. The van der Waals surface area contributed by atoms with Crippen molar-refractivity contribution < 1.29 is 13.2 Å². The Morgan fingerprint density at radius 3 is 2.46 bits per heavy atom. The number of nitrogens with one attached hydrogen (secondary N) is 2. The Kier molecular flexibility index (Phi) is 6.88. The van der Waals surface area contributed by atoms with Crippen LogP contribution in [0.3, 0.4) is 0 Å². The molecule has 0 saturated carbocycles. The van der Waals surface area contributed by atoms with E-state index in [0.29, 0.717) is 5.02 Å². The van der Waals surface area contributed by atoms with E-state index in [1.165, 1.54) is 12.1 Å². The van der Waals surface area contributed by atoms with Crippen molar-refractivity contribution in [3.63, 3.8) is 0 Å². The van der Waals surface area contributed by atoms with Crippen LogP contribution < -0.4 is 14.9 Å². The van der Waals surface area contributed by atoms with Gasteiger partial charge in [0.1, 0.15) is 5.82 Å². The number of piperidine rings is 1. The maximum atomic E-state index is 12.3. The molecule has 1 aliphatic rings. The molecule has 2 aromatic rings. The maximum absolute atomic E-state index is 12.3. The first-order valence-electron chi connectivity index (χ1n) is 9.14. The van der Waals surface area contributed by atoms with Crippen LogP contribution in [0.15, 0.2) is 53.6 Å². The van der Waals surface area contributed by atoms with Crippen molar-refractivity contribution in [3.8, 4) is 0 Å². The number of pyridine rings is 1. The molecule has 1 aliphatic heterocycles. The Morgan fingerprint density at radius 2 is 1.82 bits per heavy atom. The van der Waals surface area contributed by atoms with E-state index in [1.54, 1.807) is 30.5 Å². The molecular weight excluding hydrogens is 400 g/mol. The average Bonchev–Trinajstić information content (AvgIpc) is 2.72. The molecule has 7 nitrogen and oxygen atoms in total. The molecule has 0 spiro atoms. The largest absolute Gasteiger partial charge is 0.357 e. The Bertz CT molecular complexity index is 883. The number of aromatic nitrogens is 1. The Labute approximate surface area is 170 Å². The number of halogens is 1. The van der Waals surface area contributed by atoms with E-state index in [1.807, 2.05) is 6.07 Å². The van der Waals surface area contributed by atoms with Gasteiger partial charge in [-0.25, -0.2) is 18.1 Å². The summed E-state index contributed by atoms with van der Waals surface area (Å²) >= 11 is 5.86. The normalized spacial score (nSPS) is 15.4. The molecule has 1 amide bonds. The lowest BCUT2D eigenvalue weighted by Crippen LogP contribution is -2.42. The highest BCUT2D eigenvalue weighted by Crippen LogP contribution is 2.22. The number of hydrogen-bond acceptors (Lipinski definition) is 5. The van der Waals surface area contributed by atoms with Crippen molar-refractivity contribution >= 4 is 33.3 Å². The van der Waals surface area contributed by atoms with Crippen molar-refractivity contribution in [1.29, 1.82) is 0 Å². The predicted molar refractivity (Wildman–Crippen MR) is 109 cm³/mol. The summed E-state index contributed by atoms with van der Waals surface area (Å²) in [6.07, 6.45) is 3.07. The van der Waals surface area contributed by atoms with Crippen LogP contribution in [-0.4, -0.2) is 45.5 Å². The van der Waals surface area contributed by atoms with Gasteiger partial charge in [-0.3, -0.25) is 4.79 Å². The molecule has 1 aromatic heterocycles. The van der Waals surface area contributed by atoms with Gasteiger partial charge >= 0.3 is 0 Å². The van der Waals surface area contributed by atoms with Crippen LogP contribution in [0.25, 0.3) is 0 Å². The fourth-order valence-electron chi connectivity index (χ4n) is 3.12. The number of rotatable bonds is 7. The summed E-state index contributed by atoms with van der Waals surface area (Å²) in [5.74, 6) is 0.746. The van der Waals surface area contributed by atoms with E-state index in [2.05, 4.69) is 19.9 Å². The minimum atomic E-state index is -3.55. The first-order valence-corrected chi connectivity index (χ1v) is 11.0. The SMILES string of the molecule is O=C(NCCNS(=O)(=O)c1ccccc1)C1CCN(c2ccc(Cl)cn2)CC1. The van der Waals surface area contributed by atoms with Gasteiger partial charge in [0.2, 0.25) is 15.9 Å². The third-order valence-electron chi connectivity index (χ3n) is 4.67. The molecule has 3 rings (SSSR count). The van der Waals surface area contributed by atoms with Crippen LogP contribution in [0.5, 0.6) is 0 Å². The molecule has 1 fully saturated rings. The topological polar surface area (TPSA) is 91.4 Å². The van der Waals surface area contributed by atoms with E-state index >= 15 is 0 Å². The fraction of sp³-hybridized carbons (Fsp3) is 0.368. The first-order chi connectivity index (χ1) is 13.5. The van der Waals surface area contributed by atoms with Crippen LogP contribution in [-0.2, 0) is 14.8 Å². The zero-order valence-electron chi connectivity index (χ0n) is 15.3. The molecule has 0 bridgehead atoms. The van der Waals surface area contributed by atoms with Crippen LogP contribution in [0.1, 0.15) is 12.8 Å². The highest BCUT2D eigenvalue weighted by molar-refractivity contribution is 7.89. The van der Waals surface area contributed by atoms with Crippen molar-refractivity contribution in [3.05, 3.63) is 53.7 Å². The van der Waals surface area contributed by atoms with Gasteiger partial charge in [0.15, 0.2) is 0 Å². The van der Waals surface area contributed by atoms with Crippen molar-refractivity contribution in [1.82, 2.24) is 15.0 Å². The standard InChI is InChI=1S/C19H23ClN4O3S/c20-16-6-7-18(22-14-16)24-12-8-15(9-13-24)19(25)21-10-11-23-28(26,27)17-4-2-1-3-5-17/h1-7,14-15,23H,8-13H2,(H,21,25). The van der Waals surface area contributed by atoms with Gasteiger partial charge < -0.3 is 10.2 Å². The predicted octanol–water partition coefficient (Wildman–Crippen LogP) is 2.05. The maximum Gasteiger partial charge on any atom is 0.240 e. The van der Waals surface area contributed by atoms with E-state index < -0.39 is 10.0 Å². The van der Waals surface area contributed by atoms with Gasteiger partial charge in [-0.05, 0) is 37.1 Å². The number of nitrogens with zero attached hydrogens (tertiary/aromatic N) is 2. The Hall–Kier alpha value is -2.16. The van der Waals surface area contributed by atoms with Crippen LogP contribution >= 0.6 is 11.6 Å². The quantitative estimate of drug-likeness (QED) is 0.666. The molecule has 2 N–H and O–H groups in total. The lowest BCUT2D eigenvalue weighted by Gasteiger charge is -2.32. The van der Waals surface area contributed by atoms with Gasteiger partial charge in [0.05, 0.1) is 9.92 Å². The van der Waals surface area contributed by atoms with Gasteiger partial charge in [-0.2, -0.15) is 0 Å². The van der Waals surface area contributed by atoms with Crippen molar-refractivity contribution in [2.24, 2.45) is 5.92 Å². The number of benzene rings is 1. The average molecular weight is 423 g/mol. The second kappa shape index (κ2) is 9.36. The lowest BCUT2D eigenvalue weighted by atomic mass is 9.96. The Morgan fingerprint density at radius 1 is 1.11 bits per heavy atom. The second-order valence-corrected chi connectivity index (χ2v) is 8.80. The number of amides is 1. The minimum absolute atomic E-state index is 0.0392. The molecule has 9 heteroatoms. The monoisotopic (exact) mass is 422 g/mol. The molecule has 0 unspecified atom stereocenters. The molecule has 28 heavy (non-hydrogen) atoms. The van der Waals surface area contributed by atoms with Crippen LogP contribution in [0, 0.1) is 5.92 Å². The molecule has 2 heterocycles. The number of anilines is 1. The second-order valence-electron chi connectivity index (χ2n) is 6.60. The smallest absolute Gasteiger partial charge is 0.240 e. The molecule has 0 aliphatic carbocycles. The zero-order chi connectivity index (χ0) is 20.0. The molecular formula is C19H23ClN4O3S. The van der Waals surface area contributed by atoms with E-state index in [4.69, 9.17) is 11.6 Å². The van der Waals surface area contributed by atoms with Gasteiger partial charge in [-0.1, -0.05) is 29.8 Å². The van der Waals surface area contributed by atoms with E-state index in [-0.39, 0.29) is 29.8 Å². The van der Waals surface area contributed by atoms with Crippen molar-refractivity contribution in [2.45, 2.75) is 17.7 Å². The highest BCUT2D eigenvalue weighted by atomic mass is 35.5. The summed E-state index contributed by atoms with van der Waals surface area (Å²) in [5, 5.41) is 3.42. The van der Waals surface area contributed by atoms with Crippen LogP contribution in [0.2, 0.25) is 5.02 Å². The Balaban J connectivity index is 1.40. The zero-order valence-corrected chi connectivity index (χ0v) is 16.9. The molecule has 0 radical (unpaired) electrons. The summed E-state index contributed by atoms with van der Waals surface area (Å²) in [5.41, 5.74) is 0. The van der Waals surface area contributed by atoms with E-state index in [9.17, 15) is 13.2 Å². The van der Waals surface area contributed by atoms with Gasteiger partial charge in [0.25, 0.3) is 0 Å². The number of sulfonamides is 1. The summed E-state index contributed by atoms with van der Waals surface area (Å²) in [6, 6.07) is 11.8. The summed E-state index contributed by atoms with van der Waals surface area (Å²) in [4.78, 5) is 19.0. The molecule has 150 valence electrons. The number of hydrogen-bond donors (Lipinski definition) is 2. The third-order valence-corrected chi connectivity index (χ3v) is 6.37. The summed E-state index contributed by atoms with van der Waals surface area (Å²) in [7, 11) is -3.55. The van der Waals surface area contributed by atoms with Gasteiger partial charge in [-0.15, -0.1) is 0 Å². The molecule has 0 atom stereocenters. The van der Waals surface area contributed by atoms with Crippen molar-refractivity contribution in [2.75, 3.05) is 31.1 Å². The highest BCUT2D eigenvalue weighted by Gasteiger charge is 2.25. The van der Waals surface area contributed by atoms with Crippen LogP contribution in [0.4, 0.5) is 5.82 Å². The number of carbonyl (C=O) groups excluding carboxylic acids is 1. The first kappa shape index (κ1) is 20.6. The van der Waals surface area contributed by atoms with E-state index in [0.717, 1.165) is 31.7 Å². The molecule has 1 saturated heterocycles. The minimum Gasteiger partial charge on any atom is -0.357 e. The third kappa shape index (κ3) is 5.43. The number of carbonyl (C=O) groups is 1. The summed E-state index contributed by atoms with van der Waals surface area (Å²) < 4.78 is 26.8. The van der Waals surface area contributed by atoms with Gasteiger partial charge in [0, 0.05) is 38.3 Å². The molecule has 1 aromatic carbocycles.